The van der Waals surface area contributed by atoms with Crippen LogP contribution in [0.15, 0.2) is 27.8 Å². The molecule has 1 aromatic carbocycles. The maximum absolute atomic E-state index is 10.8. The third-order valence-electron chi connectivity index (χ3n) is 3.71. The van der Waals surface area contributed by atoms with Crippen LogP contribution in [0.2, 0.25) is 0 Å². The third-order valence-corrected chi connectivity index (χ3v) is 5.14. The minimum Gasteiger partial charge on any atom is -0.481 e. The van der Waals surface area contributed by atoms with Crippen molar-refractivity contribution >= 4 is 44.7 Å². The topological polar surface area (TPSA) is 64.3 Å². The number of ether oxygens (including phenoxy) is 1. The van der Waals surface area contributed by atoms with Crippen LogP contribution < -0.4 is 0 Å². The number of thioether (sulfide) groups is 1. The van der Waals surface area contributed by atoms with E-state index in [0.717, 1.165) is 33.5 Å². The van der Waals surface area contributed by atoms with Crippen molar-refractivity contribution in [2.45, 2.75) is 30.1 Å². The van der Waals surface area contributed by atoms with E-state index in [1.54, 1.807) is 7.11 Å². The molecule has 1 fully saturated rings. The average Bonchev–Trinajstić information content (AvgIpc) is 2.73. The molecule has 1 N–H and O–H groups in total. The van der Waals surface area contributed by atoms with Gasteiger partial charge in [-0.15, -0.1) is 0 Å². The summed E-state index contributed by atoms with van der Waals surface area (Å²) >= 11 is 4.76. The van der Waals surface area contributed by atoms with E-state index >= 15 is 0 Å². The number of carboxylic acids is 1. The highest BCUT2D eigenvalue weighted by Crippen LogP contribution is 2.40. The molecule has 0 radical (unpaired) electrons. The van der Waals surface area contributed by atoms with E-state index in [9.17, 15) is 4.79 Å². The lowest BCUT2D eigenvalue weighted by atomic mass is 9.89. The zero-order chi connectivity index (χ0) is 15.0. The van der Waals surface area contributed by atoms with Gasteiger partial charge in [0, 0.05) is 17.6 Å². The molecule has 0 aliphatic heterocycles. The molecule has 2 aromatic rings. The summed E-state index contributed by atoms with van der Waals surface area (Å²) in [7, 11) is 1.73. The van der Waals surface area contributed by atoms with E-state index in [-0.39, 0.29) is 11.9 Å². The molecule has 1 aliphatic carbocycles. The van der Waals surface area contributed by atoms with Crippen LogP contribution >= 0.6 is 27.7 Å². The van der Waals surface area contributed by atoms with Gasteiger partial charge in [0.15, 0.2) is 5.16 Å². The SMILES string of the molecule is COC1CC(n2c(SCC(=O)O)nc3ccc(Br)cc32)C1. The Bertz CT molecular complexity index is 682. The molecule has 1 aromatic heterocycles. The van der Waals surface area contributed by atoms with Crippen molar-refractivity contribution < 1.29 is 14.6 Å². The van der Waals surface area contributed by atoms with Crippen LogP contribution in [0.1, 0.15) is 18.9 Å². The standard InChI is InChI=1S/C14H15BrN2O3S/c1-20-10-5-9(6-10)17-12-4-8(15)2-3-11(12)16-14(17)21-7-13(18)19/h2-4,9-10H,5-7H2,1H3,(H,18,19). The molecule has 0 atom stereocenters. The first-order chi connectivity index (χ1) is 10.1. The van der Waals surface area contributed by atoms with Crippen molar-refractivity contribution in [2.24, 2.45) is 0 Å². The Morgan fingerprint density at radius 3 is 3.00 bits per heavy atom. The molecular weight excluding hydrogens is 356 g/mol. The number of nitrogens with zero attached hydrogens (tertiary/aromatic N) is 2. The Hall–Kier alpha value is -1.05. The van der Waals surface area contributed by atoms with Gasteiger partial charge in [-0.05, 0) is 31.0 Å². The predicted molar refractivity (Wildman–Crippen MR) is 84.9 cm³/mol. The molecule has 7 heteroatoms. The number of fused-ring (bicyclic) bond motifs is 1. The van der Waals surface area contributed by atoms with E-state index in [4.69, 9.17) is 9.84 Å². The summed E-state index contributed by atoms with van der Waals surface area (Å²) in [5, 5.41) is 9.66. The minimum atomic E-state index is -0.830. The second-order valence-corrected chi connectivity index (χ2v) is 6.92. The van der Waals surface area contributed by atoms with Crippen molar-refractivity contribution in [3.8, 4) is 0 Å². The lowest BCUT2D eigenvalue weighted by molar-refractivity contribution is -0.133. The number of hydrogen-bond donors (Lipinski definition) is 1. The van der Waals surface area contributed by atoms with Crippen molar-refractivity contribution in [3.05, 3.63) is 22.7 Å². The van der Waals surface area contributed by atoms with Gasteiger partial charge < -0.3 is 14.4 Å². The molecule has 0 spiro atoms. The Morgan fingerprint density at radius 1 is 1.57 bits per heavy atom. The van der Waals surface area contributed by atoms with Gasteiger partial charge >= 0.3 is 5.97 Å². The molecule has 5 nitrogen and oxygen atoms in total. The second kappa shape index (κ2) is 5.98. The number of rotatable bonds is 5. The van der Waals surface area contributed by atoms with Crippen LogP contribution in [-0.2, 0) is 9.53 Å². The van der Waals surface area contributed by atoms with Crippen LogP contribution in [0.3, 0.4) is 0 Å². The molecule has 0 bridgehead atoms. The summed E-state index contributed by atoms with van der Waals surface area (Å²) in [5.74, 6) is -0.812. The largest absolute Gasteiger partial charge is 0.481 e. The van der Waals surface area contributed by atoms with E-state index < -0.39 is 5.97 Å². The van der Waals surface area contributed by atoms with Gasteiger partial charge in [0.05, 0.1) is 22.9 Å². The average molecular weight is 371 g/mol. The smallest absolute Gasteiger partial charge is 0.313 e. The van der Waals surface area contributed by atoms with Crippen LogP contribution in [0.4, 0.5) is 0 Å². The highest BCUT2D eigenvalue weighted by atomic mass is 79.9. The first kappa shape index (κ1) is 14.9. The highest BCUT2D eigenvalue weighted by Gasteiger charge is 2.33. The summed E-state index contributed by atoms with van der Waals surface area (Å²) < 4.78 is 8.49. The number of carbonyl (C=O) groups is 1. The van der Waals surface area contributed by atoms with E-state index in [1.165, 1.54) is 11.8 Å². The lowest BCUT2D eigenvalue weighted by Crippen LogP contribution is -2.32. The van der Waals surface area contributed by atoms with Gasteiger partial charge in [0.2, 0.25) is 0 Å². The van der Waals surface area contributed by atoms with Crippen LogP contribution in [0, 0.1) is 0 Å². The first-order valence-corrected chi connectivity index (χ1v) is 8.41. The molecule has 0 unspecified atom stereocenters. The number of aliphatic carboxylic acids is 1. The van der Waals surface area contributed by atoms with Gasteiger partial charge in [-0.2, -0.15) is 0 Å². The number of halogens is 1. The summed E-state index contributed by atoms with van der Waals surface area (Å²) in [6.45, 7) is 0. The number of carboxylic acid groups (broad SMARTS) is 1. The Labute approximate surface area is 134 Å². The van der Waals surface area contributed by atoms with Gasteiger partial charge in [-0.3, -0.25) is 4.79 Å². The third kappa shape index (κ3) is 2.95. The molecule has 0 amide bonds. The molecular formula is C14H15BrN2O3S. The van der Waals surface area contributed by atoms with Crippen molar-refractivity contribution in [2.75, 3.05) is 12.9 Å². The number of methoxy groups -OCH3 is 1. The first-order valence-electron chi connectivity index (χ1n) is 6.63. The zero-order valence-corrected chi connectivity index (χ0v) is 13.9. The molecule has 1 heterocycles. The number of aromatic nitrogens is 2. The fourth-order valence-electron chi connectivity index (χ4n) is 2.57. The molecule has 0 saturated heterocycles. The van der Waals surface area contributed by atoms with E-state index in [1.807, 2.05) is 18.2 Å². The Kier molecular flexibility index (Phi) is 4.24. The molecule has 112 valence electrons. The van der Waals surface area contributed by atoms with Crippen molar-refractivity contribution in [1.29, 1.82) is 0 Å². The predicted octanol–water partition coefficient (Wildman–Crippen LogP) is 3.33. The summed E-state index contributed by atoms with van der Waals surface area (Å²) in [6.07, 6.45) is 2.17. The summed E-state index contributed by atoms with van der Waals surface area (Å²) in [6, 6.07) is 6.26. The van der Waals surface area contributed by atoms with Crippen LogP contribution in [0.25, 0.3) is 11.0 Å². The maximum Gasteiger partial charge on any atom is 0.313 e. The number of imidazole rings is 1. The molecule has 1 saturated carbocycles. The van der Waals surface area contributed by atoms with E-state index in [0.29, 0.717) is 6.04 Å². The Balaban J connectivity index is 1.98. The summed E-state index contributed by atoms with van der Waals surface area (Å²) in [5.41, 5.74) is 1.93. The normalized spacial score (nSPS) is 21.4. The fourth-order valence-corrected chi connectivity index (χ4v) is 3.72. The highest BCUT2D eigenvalue weighted by molar-refractivity contribution is 9.10. The fraction of sp³-hybridized carbons (Fsp3) is 0.429. The Morgan fingerprint density at radius 2 is 2.33 bits per heavy atom. The minimum absolute atomic E-state index is 0.0188. The number of benzene rings is 1. The molecule has 21 heavy (non-hydrogen) atoms. The second-order valence-electron chi connectivity index (χ2n) is 5.06. The summed E-state index contributed by atoms with van der Waals surface area (Å²) in [4.78, 5) is 15.4. The van der Waals surface area contributed by atoms with Gasteiger partial charge in [-0.25, -0.2) is 4.98 Å². The monoisotopic (exact) mass is 370 g/mol. The van der Waals surface area contributed by atoms with E-state index in [2.05, 4.69) is 25.5 Å². The number of hydrogen-bond acceptors (Lipinski definition) is 4. The molecule has 3 rings (SSSR count). The van der Waals surface area contributed by atoms with Gasteiger partial charge in [0.1, 0.15) is 0 Å². The van der Waals surface area contributed by atoms with Gasteiger partial charge in [-0.1, -0.05) is 27.7 Å². The van der Waals surface area contributed by atoms with Crippen LogP contribution in [0.5, 0.6) is 0 Å². The molecule has 1 aliphatic rings. The maximum atomic E-state index is 10.8. The lowest BCUT2D eigenvalue weighted by Gasteiger charge is -2.36. The van der Waals surface area contributed by atoms with Crippen molar-refractivity contribution in [3.63, 3.8) is 0 Å². The van der Waals surface area contributed by atoms with Crippen LogP contribution in [-0.4, -0.2) is 39.6 Å². The quantitative estimate of drug-likeness (QED) is 0.817. The van der Waals surface area contributed by atoms with Crippen molar-refractivity contribution in [1.82, 2.24) is 9.55 Å². The zero-order valence-electron chi connectivity index (χ0n) is 11.5. The van der Waals surface area contributed by atoms with Gasteiger partial charge in [0.25, 0.3) is 0 Å².